The number of fused-ring (bicyclic) bond motifs is 1. The molecule has 0 spiro atoms. The summed E-state index contributed by atoms with van der Waals surface area (Å²) >= 11 is 0. The van der Waals surface area contributed by atoms with E-state index in [4.69, 9.17) is 9.26 Å². The lowest BCUT2D eigenvalue weighted by Crippen LogP contribution is -2.04. The van der Waals surface area contributed by atoms with Crippen molar-refractivity contribution in [2.45, 2.75) is 6.42 Å². The molecule has 12 heavy (non-hydrogen) atoms. The Morgan fingerprint density at radius 1 is 1.67 bits per heavy atom. The van der Waals surface area contributed by atoms with Crippen molar-refractivity contribution in [3.63, 3.8) is 0 Å². The minimum absolute atomic E-state index is 0.227. The van der Waals surface area contributed by atoms with Gasteiger partial charge >= 0.3 is 11.9 Å². The van der Waals surface area contributed by atoms with Crippen LogP contribution in [0.15, 0.2) is 4.52 Å². The van der Waals surface area contributed by atoms with Gasteiger partial charge in [0.2, 0.25) is 0 Å². The van der Waals surface area contributed by atoms with Crippen molar-refractivity contribution in [1.29, 1.82) is 0 Å². The molecular weight excluding hydrogens is 162 g/mol. The summed E-state index contributed by atoms with van der Waals surface area (Å²) in [5, 5.41) is 3.53. The maximum absolute atomic E-state index is 11.0. The average Bonchev–Trinajstić information content (AvgIpc) is 2.62. The molecule has 2 rings (SSSR count). The van der Waals surface area contributed by atoms with E-state index in [1.807, 2.05) is 0 Å². The average molecular weight is 169 g/mol. The number of hydrogen-bond acceptors (Lipinski definition) is 5. The van der Waals surface area contributed by atoms with E-state index in [0.29, 0.717) is 24.5 Å². The zero-order chi connectivity index (χ0) is 8.55. The molecule has 0 amide bonds. The van der Waals surface area contributed by atoms with E-state index in [2.05, 4.69) is 9.89 Å². The highest BCUT2D eigenvalue weighted by Gasteiger charge is 2.27. The molecule has 64 valence electrons. The predicted octanol–water partition coefficient (Wildman–Crippen LogP) is 0.396. The highest BCUT2D eigenvalue weighted by atomic mass is 16.6. The van der Waals surface area contributed by atoms with Gasteiger partial charge in [-0.1, -0.05) is 5.16 Å². The lowest BCUT2D eigenvalue weighted by atomic mass is 10.2. The second-order valence-electron chi connectivity index (χ2n) is 2.39. The number of carbonyl (C=O) groups excluding carboxylic acids is 1. The summed E-state index contributed by atoms with van der Waals surface area (Å²) in [6, 6.07) is 0. The highest BCUT2D eigenvalue weighted by molar-refractivity contribution is 5.89. The summed E-state index contributed by atoms with van der Waals surface area (Å²) in [5.41, 5.74) is 0.937. The molecule has 1 aliphatic heterocycles. The van der Waals surface area contributed by atoms with Crippen LogP contribution in [-0.4, -0.2) is 24.8 Å². The van der Waals surface area contributed by atoms with Crippen LogP contribution in [0, 0.1) is 0 Å². The fraction of sp³-hybridized carbons (Fsp3) is 0.429. The SMILES string of the molecule is COC(=O)c1noc2c1CCO2. The van der Waals surface area contributed by atoms with Crippen LogP contribution in [0.2, 0.25) is 0 Å². The largest absolute Gasteiger partial charge is 0.464 e. The third kappa shape index (κ3) is 0.861. The Balaban J connectivity index is 2.39. The molecule has 0 bridgehead atoms. The van der Waals surface area contributed by atoms with Gasteiger partial charge in [-0.25, -0.2) is 4.79 Å². The van der Waals surface area contributed by atoms with E-state index in [1.54, 1.807) is 0 Å². The summed E-state index contributed by atoms with van der Waals surface area (Å²) in [4.78, 5) is 11.0. The number of methoxy groups -OCH3 is 1. The van der Waals surface area contributed by atoms with E-state index in [0.717, 1.165) is 0 Å². The molecule has 0 saturated heterocycles. The van der Waals surface area contributed by atoms with Crippen molar-refractivity contribution in [1.82, 2.24) is 5.16 Å². The Hall–Kier alpha value is -1.52. The second kappa shape index (κ2) is 2.51. The van der Waals surface area contributed by atoms with Crippen LogP contribution in [0.4, 0.5) is 0 Å². The summed E-state index contributed by atoms with van der Waals surface area (Å²) in [6.07, 6.45) is 0.656. The predicted molar refractivity (Wildman–Crippen MR) is 37.0 cm³/mol. The van der Waals surface area contributed by atoms with E-state index >= 15 is 0 Å². The fourth-order valence-corrected chi connectivity index (χ4v) is 1.13. The zero-order valence-electron chi connectivity index (χ0n) is 6.49. The van der Waals surface area contributed by atoms with Crippen LogP contribution in [0.5, 0.6) is 5.95 Å². The van der Waals surface area contributed by atoms with Crippen molar-refractivity contribution in [3.8, 4) is 5.95 Å². The Labute approximate surface area is 68.2 Å². The molecule has 0 N–H and O–H groups in total. The standard InChI is InChI=1S/C7H7NO4/c1-10-6(9)5-4-2-3-11-7(4)12-8-5/h2-3H2,1H3. The lowest BCUT2D eigenvalue weighted by molar-refractivity contribution is 0.0587. The lowest BCUT2D eigenvalue weighted by Gasteiger charge is -1.92. The molecule has 5 nitrogen and oxygen atoms in total. The monoisotopic (exact) mass is 169 g/mol. The summed E-state index contributed by atoms with van der Waals surface area (Å²) in [7, 11) is 1.30. The van der Waals surface area contributed by atoms with Crippen molar-refractivity contribution < 1.29 is 18.8 Å². The third-order valence-electron chi connectivity index (χ3n) is 1.72. The van der Waals surface area contributed by atoms with Crippen LogP contribution >= 0.6 is 0 Å². The van der Waals surface area contributed by atoms with Gasteiger partial charge in [0.1, 0.15) is 0 Å². The third-order valence-corrected chi connectivity index (χ3v) is 1.72. The highest BCUT2D eigenvalue weighted by Crippen LogP contribution is 2.28. The number of rotatable bonds is 1. The minimum Gasteiger partial charge on any atom is -0.464 e. The van der Waals surface area contributed by atoms with Crippen LogP contribution < -0.4 is 4.74 Å². The number of aromatic nitrogens is 1. The van der Waals surface area contributed by atoms with Crippen molar-refractivity contribution in [2.24, 2.45) is 0 Å². The smallest absolute Gasteiger partial charge is 0.360 e. The van der Waals surface area contributed by atoms with Crippen LogP contribution in [-0.2, 0) is 11.2 Å². The number of hydrogen-bond donors (Lipinski definition) is 0. The maximum atomic E-state index is 11.0. The van der Waals surface area contributed by atoms with Gasteiger partial charge in [0.15, 0.2) is 5.69 Å². The molecule has 0 saturated carbocycles. The zero-order valence-corrected chi connectivity index (χ0v) is 6.49. The second-order valence-corrected chi connectivity index (χ2v) is 2.39. The summed E-state index contributed by atoms with van der Waals surface area (Å²) < 4.78 is 14.3. The maximum Gasteiger partial charge on any atom is 0.360 e. The van der Waals surface area contributed by atoms with E-state index in [1.165, 1.54) is 7.11 Å². The molecule has 2 heterocycles. The normalized spacial score (nSPS) is 13.8. The molecule has 0 fully saturated rings. The molecule has 1 aromatic heterocycles. The minimum atomic E-state index is -0.481. The molecule has 1 aliphatic rings. The molecular formula is C7H7NO4. The first-order chi connectivity index (χ1) is 5.83. The van der Waals surface area contributed by atoms with Gasteiger partial charge in [-0.05, 0) is 0 Å². The van der Waals surface area contributed by atoms with E-state index in [-0.39, 0.29) is 5.69 Å². The number of nitrogens with zero attached hydrogens (tertiary/aromatic N) is 1. The van der Waals surface area contributed by atoms with Gasteiger partial charge in [-0.2, -0.15) is 0 Å². The van der Waals surface area contributed by atoms with Crippen LogP contribution in [0.25, 0.3) is 0 Å². The van der Waals surface area contributed by atoms with Gasteiger partial charge in [0.25, 0.3) is 0 Å². The molecule has 1 aromatic rings. The van der Waals surface area contributed by atoms with Gasteiger partial charge in [-0.3, -0.25) is 0 Å². The number of esters is 1. The van der Waals surface area contributed by atoms with Gasteiger partial charge in [0, 0.05) is 6.42 Å². The summed E-state index contributed by atoms with van der Waals surface area (Å²) in [5.74, 6) is -0.138. The van der Waals surface area contributed by atoms with Crippen LogP contribution in [0.1, 0.15) is 16.1 Å². The van der Waals surface area contributed by atoms with Crippen molar-refractivity contribution >= 4 is 5.97 Å². The number of carbonyl (C=O) groups is 1. The van der Waals surface area contributed by atoms with E-state index in [9.17, 15) is 4.79 Å². The topological polar surface area (TPSA) is 61.6 Å². The molecule has 0 aliphatic carbocycles. The Bertz CT molecular complexity index is 317. The van der Waals surface area contributed by atoms with Gasteiger partial charge < -0.3 is 14.0 Å². The van der Waals surface area contributed by atoms with Crippen molar-refractivity contribution in [2.75, 3.05) is 13.7 Å². The first-order valence-corrected chi connectivity index (χ1v) is 3.52. The Morgan fingerprint density at radius 3 is 3.25 bits per heavy atom. The Morgan fingerprint density at radius 2 is 2.50 bits per heavy atom. The van der Waals surface area contributed by atoms with Crippen LogP contribution in [0.3, 0.4) is 0 Å². The van der Waals surface area contributed by atoms with Gasteiger partial charge in [-0.15, -0.1) is 0 Å². The fourth-order valence-electron chi connectivity index (χ4n) is 1.13. The molecule has 5 heteroatoms. The molecule has 0 unspecified atom stereocenters. The molecule has 0 aromatic carbocycles. The van der Waals surface area contributed by atoms with Gasteiger partial charge in [0.05, 0.1) is 19.3 Å². The number of ether oxygens (including phenoxy) is 2. The van der Waals surface area contributed by atoms with Crippen molar-refractivity contribution in [3.05, 3.63) is 11.3 Å². The quantitative estimate of drug-likeness (QED) is 0.569. The van der Waals surface area contributed by atoms with E-state index < -0.39 is 5.97 Å². The Kier molecular flexibility index (Phi) is 1.49. The first-order valence-electron chi connectivity index (χ1n) is 3.52. The molecule has 0 atom stereocenters. The molecule has 0 radical (unpaired) electrons. The first kappa shape index (κ1) is 7.15. The summed E-state index contributed by atoms with van der Waals surface area (Å²) in [6.45, 7) is 0.542.